The summed E-state index contributed by atoms with van der Waals surface area (Å²) in [4.78, 5) is 38.6. The van der Waals surface area contributed by atoms with Crippen molar-refractivity contribution in [2.24, 2.45) is 5.10 Å². The highest BCUT2D eigenvalue weighted by molar-refractivity contribution is 9.10. The van der Waals surface area contributed by atoms with Gasteiger partial charge in [-0.1, -0.05) is 28.1 Å². The molecule has 1 aliphatic rings. The third kappa shape index (κ3) is 5.97. The third-order valence-electron chi connectivity index (χ3n) is 4.79. The van der Waals surface area contributed by atoms with Gasteiger partial charge in [0.1, 0.15) is 11.5 Å². The SMILES string of the molecule is Cc1cc(Br)ccc1NC(=O)CN(C)C(=O)C1=NN(Cc2ccc(F)cc2)C(=O)CC1. The van der Waals surface area contributed by atoms with Gasteiger partial charge in [-0.15, -0.1) is 0 Å². The summed E-state index contributed by atoms with van der Waals surface area (Å²) in [6, 6.07) is 11.2. The van der Waals surface area contributed by atoms with Crippen LogP contribution in [0.4, 0.5) is 10.1 Å². The minimum Gasteiger partial charge on any atom is -0.331 e. The Morgan fingerprint density at radius 1 is 1.19 bits per heavy atom. The number of rotatable bonds is 6. The van der Waals surface area contributed by atoms with Crippen molar-refractivity contribution in [3.05, 3.63) is 63.9 Å². The van der Waals surface area contributed by atoms with Gasteiger partial charge in [0.05, 0.1) is 13.1 Å². The second-order valence-electron chi connectivity index (χ2n) is 7.29. The average Bonchev–Trinajstić information content (AvgIpc) is 2.72. The number of carbonyl (C=O) groups is 3. The zero-order valence-corrected chi connectivity index (χ0v) is 18.8. The van der Waals surface area contributed by atoms with Crippen LogP contribution in [0.25, 0.3) is 0 Å². The molecule has 9 heteroatoms. The maximum absolute atomic E-state index is 13.1. The smallest absolute Gasteiger partial charge is 0.270 e. The number of nitrogens with one attached hydrogen (secondary N) is 1. The van der Waals surface area contributed by atoms with Crippen LogP contribution >= 0.6 is 15.9 Å². The zero-order chi connectivity index (χ0) is 22.5. The summed E-state index contributed by atoms with van der Waals surface area (Å²) in [5, 5.41) is 8.20. The molecule has 7 nitrogen and oxygen atoms in total. The van der Waals surface area contributed by atoms with Crippen LogP contribution in [0.1, 0.15) is 24.0 Å². The number of nitrogens with zero attached hydrogens (tertiary/aromatic N) is 3. The van der Waals surface area contributed by atoms with E-state index >= 15 is 0 Å². The molecule has 3 rings (SSSR count). The summed E-state index contributed by atoms with van der Waals surface area (Å²) in [7, 11) is 1.51. The predicted octanol–water partition coefficient (Wildman–Crippen LogP) is 3.47. The zero-order valence-electron chi connectivity index (χ0n) is 17.2. The number of anilines is 1. The van der Waals surface area contributed by atoms with Crippen LogP contribution < -0.4 is 5.32 Å². The molecular weight excluding hydrogens is 467 g/mol. The monoisotopic (exact) mass is 488 g/mol. The lowest BCUT2D eigenvalue weighted by molar-refractivity contribution is -0.133. The second-order valence-corrected chi connectivity index (χ2v) is 8.21. The van der Waals surface area contributed by atoms with Crippen molar-refractivity contribution in [3.63, 3.8) is 0 Å². The van der Waals surface area contributed by atoms with E-state index < -0.39 is 5.91 Å². The highest BCUT2D eigenvalue weighted by Gasteiger charge is 2.27. The first-order valence-corrected chi connectivity index (χ1v) is 10.5. The maximum Gasteiger partial charge on any atom is 0.270 e. The second kappa shape index (κ2) is 9.82. The third-order valence-corrected chi connectivity index (χ3v) is 5.28. The number of amides is 3. The van der Waals surface area contributed by atoms with Gasteiger partial charge in [-0.05, 0) is 48.4 Å². The van der Waals surface area contributed by atoms with Gasteiger partial charge in [0, 0.05) is 30.0 Å². The van der Waals surface area contributed by atoms with E-state index in [0.29, 0.717) is 11.3 Å². The summed E-state index contributed by atoms with van der Waals surface area (Å²) in [5.74, 6) is -1.34. The number of likely N-dealkylation sites (N-methyl/N-ethyl adjacent to an activating group) is 1. The molecular formula is C22H22BrFN4O3. The van der Waals surface area contributed by atoms with Crippen LogP contribution in [-0.2, 0) is 20.9 Å². The number of halogens is 2. The van der Waals surface area contributed by atoms with Gasteiger partial charge < -0.3 is 10.2 Å². The summed E-state index contributed by atoms with van der Waals surface area (Å²) in [6.45, 7) is 1.86. The molecule has 162 valence electrons. The highest BCUT2D eigenvalue weighted by atomic mass is 79.9. The topological polar surface area (TPSA) is 82.1 Å². The summed E-state index contributed by atoms with van der Waals surface area (Å²) < 4.78 is 14.0. The predicted molar refractivity (Wildman–Crippen MR) is 119 cm³/mol. The number of aryl methyl sites for hydroxylation is 1. The van der Waals surface area contributed by atoms with Gasteiger partial charge in [0.2, 0.25) is 11.8 Å². The molecule has 1 N–H and O–H groups in total. The fourth-order valence-electron chi connectivity index (χ4n) is 3.11. The van der Waals surface area contributed by atoms with E-state index in [1.165, 1.54) is 29.1 Å². The first kappa shape index (κ1) is 22.6. The lowest BCUT2D eigenvalue weighted by atomic mass is 10.1. The van der Waals surface area contributed by atoms with Crippen molar-refractivity contribution in [1.29, 1.82) is 0 Å². The number of hydrazone groups is 1. The van der Waals surface area contributed by atoms with E-state index in [9.17, 15) is 18.8 Å². The molecule has 1 aliphatic heterocycles. The molecule has 0 aliphatic carbocycles. The average molecular weight is 489 g/mol. The Bertz CT molecular complexity index is 1040. The molecule has 1 heterocycles. The minimum atomic E-state index is -0.417. The number of carbonyl (C=O) groups excluding carboxylic acids is 3. The van der Waals surface area contributed by atoms with Gasteiger partial charge in [0.15, 0.2) is 0 Å². The van der Waals surface area contributed by atoms with Crippen LogP contribution in [-0.4, -0.2) is 46.9 Å². The summed E-state index contributed by atoms with van der Waals surface area (Å²) >= 11 is 3.38. The molecule has 0 saturated heterocycles. The van der Waals surface area contributed by atoms with Gasteiger partial charge >= 0.3 is 0 Å². The van der Waals surface area contributed by atoms with E-state index in [1.807, 2.05) is 19.1 Å². The number of benzene rings is 2. The normalized spacial score (nSPS) is 13.6. The largest absolute Gasteiger partial charge is 0.331 e. The van der Waals surface area contributed by atoms with E-state index in [-0.39, 0.29) is 49.3 Å². The molecule has 0 fully saturated rings. The Balaban J connectivity index is 1.63. The molecule has 2 aromatic carbocycles. The van der Waals surface area contributed by atoms with Gasteiger partial charge in [0.25, 0.3) is 5.91 Å². The van der Waals surface area contributed by atoms with Crippen molar-refractivity contribution in [2.75, 3.05) is 18.9 Å². The van der Waals surface area contributed by atoms with Crippen LogP contribution in [0.2, 0.25) is 0 Å². The molecule has 0 saturated carbocycles. The highest BCUT2D eigenvalue weighted by Crippen LogP contribution is 2.20. The van der Waals surface area contributed by atoms with E-state index in [2.05, 4.69) is 26.3 Å². The van der Waals surface area contributed by atoms with Crippen molar-refractivity contribution >= 4 is 45.1 Å². The molecule has 0 aromatic heterocycles. The fourth-order valence-corrected chi connectivity index (χ4v) is 3.58. The van der Waals surface area contributed by atoms with Crippen molar-refractivity contribution in [3.8, 4) is 0 Å². The Kier molecular flexibility index (Phi) is 7.17. The number of hydrogen-bond acceptors (Lipinski definition) is 4. The maximum atomic E-state index is 13.1. The first-order chi connectivity index (χ1) is 14.7. The molecule has 0 atom stereocenters. The Labute approximate surface area is 188 Å². The first-order valence-electron chi connectivity index (χ1n) is 9.66. The molecule has 0 unspecified atom stereocenters. The van der Waals surface area contributed by atoms with E-state index in [1.54, 1.807) is 18.2 Å². The van der Waals surface area contributed by atoms with Crippen LogP contribution in [0.3, 0.4) is 0 Å². The molecule has 0 radical (unpaired) electrons. The molecule has 31 heavy (non-hydrogen) atoms. The van der Waals surface area contributed by atoms with Crippen molar-refractivity contribution in [1.82, 2.24) is 9.91 Å². The van der Waals surface area contributed by atoms with Gasteiger partial charge in [-0.2, -0.15) is 5.10 Å². The Hall–Kier alpha value is -3.07. The molecule has 2 aromatic rings. The minimum absolute atomic E-state index is 0.142. The quantitative estimate of drug-likeness (QED) is 0.675. The van der Waals surface area contributed by atoms with Crippen molar-refractivity contribution in [2.45, 2.75) is 26.3 Å². The molecule has 0 spiro atoms. The lowest BCUT2D eigenvalue weighted by Gasteiger charge is -2.25. The van der Waals surface area contributed by atoms with Gasteiger partial charge in [-0.25, -0.2) is 9.40 Å². The lowest BCUT2D eigenvalue weighted by Crippen LogP contribution is -2.42. The van der Waals surface area contributed by atoms with Crippen LogP contribution in [0.15, 0.2) is 52.0 Å². The van der Waals surface area contributed by atoms with Gasteiger partial charge in [-0.3, -0.25) is 14.4 Å². The van der Waals surface area contributed by atoms with Crippen LogP contribution in [0, 0.1) is 12.7 Å². The fraction of sp³-hybridized carbons (Fsp3) is 0.273. The van der Waals surface area contributed by atoms with E-state index in [4.69, 9.17) is 0 Å². The van der Waals surface area contributed by atoms with Crippen LogP contribution in [0.5, 0.6) is 0 Å². The molecule has 0 bridgehead atoms. The Morgan fingerprint density at radius 2 is 1.90 bits per heavy atom. The Morgan fingerprint density at radius 3 is 2.58 bits per heavy atom. The van der Waals surface area contributed by atoms with Crippen molar-refractivity contribution < 1.29 is 18.8 Å². The summed E-state index contributed by atoms with van der Waals surface area (Å²) in [6.07, 6.45) is 0.346. The summed E-state index contributed by atoms with van der Waals surface area (Å²) in [5.41, 5.74) is 2.46. The molecule has 3 amide bonds. The number of hydrogen-bond donors (Lipinski definition) is 1. The standard InChI is InChI=1S/C22H22BrFN4O3/c1-14-11-16(23)5-8-18(14)25-20(29)13-27(2)22(31)19-9-10-21(30)28(26-19)12-15-3-6-17(24)7-4-15/h3-8,11H,9-10,12-13H2,1-2H3,(H,25,29). The van der Waals surface area contributed by atoms with E-state index in [0.717, 1.165) is 10.0 Å².